The number of carbonyl (C=O) groups is 1. The second kappa shape index (κ2) is 7.98. The molecule has 1 amide bonds. The molecular formula is C19H23N3O5. The minimum absolute atomic E-state index is 0.0337. The monoisotopic (exact) mass is 373 g/mol. The van der Waals surface area contributed by atoms with Gasteiger partial charge in [0.15, 0.2) is 11.5 Å². The summed E-state index contributed by atoms with van der Waals surface area (Å²) in [6.07, 6.45) is 0.203. The number of nitrogens with zero attached hydrogens (tertiary/aromatic N) is 2. The molecule has 27 heavy (non-hydrogen) atoms. The van der Waals surface area contributed by atoms with E-state index in [9.17, 15) is 4.79 Å². The fourth-order valence-electron chi connectivity index (χ4n) is 3.41. The van der Waals surface area contributed by atoms with Crippen LogP contribution in [0.15, 0.2) is 28.8 Å². The van der Waals surface area contributed by atoms with Gasteiger partial charge in [-0.1, -0.05) is 11.2 Å². The van der Waals surface area contributed by atoms with E-state index >= 15 is 0 Å². The molecule has 1 aromatic heterocycles. The molecular weight excluding hydrogens is 350 g/mol. The summed E-state index contributed by atoms with van der Waals surface area (Å²) in [5, 5.41) is 6.91. The van der Waals surface area contributed by atoms with Gasteiger partial charge in [0.2, 0.25) is 12.7 Å². The first kappa shape index (κ1) is 17.8. The zero-order chi connectivity index (χ0) is 18.6. The van der Waals surface area contributed by atoms with Crippen LogP contribution in [0.25, 0.3) is 0 Å². The van der Waals surface area contributed by atoms with Crippen LogP contribution in [-0.2, 0) is 16.0 Å². The van der Waals surface area contributed by atoms with Crippen LogP contribution in [0.5, 0.6) is 11.5 Å². The predicted octanol–water partition coefficient (Wildman–Crippen LogP) is 1.44. The van der Waals surface area contributed by atoms with Crippen LogP contribution in [0.4, 0.5) is 0 Å². The van der Waals surface area contributed by atoms with E-state index < -0.39 is 0 Å². The third-order valence-electron chi connectivity index (χ3n) is 4.78. The Morgan fingerprint density at radius 3 is 2.81 bits per heavy atom. The molecule has 8 heteroatoms. The summed E-state index contributed by atoms with van der Waals surface area (Å²) < 4.78 is 21.4. The molecule has 0 bridgehead atoms. The van der Waals surface area contributed by atoms with Gasteiger partial charge in [-0.15, -0.1) is 0 Å². The van der Waals surface area contributed by atoms with Crippen LogP contribution in [0.1, 0.15) is 23.1 Å². The van der Waals surface area contributed by atoms with E-state index in [1.807, 2.05) is 25.1 Å². The molecule has 4 rings (SSSR count). The van der Waals surface area contributed by atoms with Gasteiger partial charge in [-0.2, -0.15) is 0 Å². The Balaban J connectivity index is 1.45. The minimum Gasteiger partial charge on any atom is -0.454 e. The SMILES string of the molecule is Cc1cc(CC(=O)NCC(c2ccc3c(c2)OCO3)N2CCOCC2)no1. The number of morpholine rings is 1. The maximum absolute atomic E-state index is 12.3. The van der Waals surface area contributed by atoms with Crippen LogP contribution in [0.3, 0.4) is 0 Å². The third kappa shape index (κ3) is 4.23. The van der Waals surface area contributed by atoms with Gasteiger partial charge in [0.1, 0.15) is 5.76 Å². The first-order chi connectivity index (χ1) is 13.2. The van der Waals surface area contributed by atoms with E-state index in [1.54, 1.807) is 6.07 Å². The van der Waals surface area contributed by atoms with Gasteiger partial charge in [-0.05, 0) is 24.6 Å². The number of hydrogen-bond donors (Lipinski definition) is 1. The molecule has 0 saturated carbocycles. The maximum Gasteiger partial charge on any atom is 0.231 e. The van der Waals surface area contributed by atoms with Gasteiger partial charge in [0, 0.05) is 25.7 Å². The Labute approximate surface area is 157 Å². The molecule has 1 saturated heterocycles. The van der Waals surface area contributed by atoms with E-state index in [0.29, 0.717) is 31.2 Å². The quantitative estimate of drug-likeness (QED) is 0.820. The number of carbonyl (C=O) groups excluding carboxylic acids is 1. The van der Waals surface area contributed by atoms with Crippen LogP contribution in [0.2, 0.25) is 0 Å². The van der Waals surface area contributed by atoms with Gasteiger partial charge < -0.3 is 24.1 Å². The molecule has 1 aromatic carbocycles. The first-order valence-corrected chi connectivity index (χ1v) is 9.09. The summed E-state index contributed by atoms with van der Waals surface area (Å²) in [4.78, 5) is 14.7. The van der Waals surface area contributed by atoms with Crippen molar-refractivity contribution in [3.63, 3.8) is 0 Å². The van der Waals surface area contributed by atoms with Gasteiger partial charge in [0.05, 0.1) is 31.4 Å². The lowest BCUT2D eigenvalue weighted by Gasteiger charge is -2.35. The lowest BCUT2D eigenvalue weighted by atomic mass is 10.0. The smallest absolute Gasteiger partial charge is 0.231 e. The second-order valence-electron chi connectivity index (χ2n) is 6.69. The van der Waals surface area contributed by atoms with Crippen LogP contribution < -0.4 is 14.8 Å². The van der Waals surface area contributed by atoms with Crippen LogP contribution in [-0.4, -0.2) is 55.6 Å². The molecule has 1 fully saturated rings. The zero-order valence-electron chi connectivity index (χ0n) is 15.3. The molecule has 1 atom stereocenters. The summed E-state index contributed by atoms with van der Waals surface area (Å²) in [6.45, 7) is 5.56. The molecule has 1 N–H and O–H groups in total. The number of amides is 1. The highest BCUT2D eigenvalue weighted by molar-refractivity contribution is 5.78. The summed E-state index contributed by atoms with van der Waals surface area (Å²) in [6, 6.07) is 7.75. The third-order valence-corrected chi connectivity index (χ3v) is 4.78. The molecule has 0 spiro atoms. The van der Waals surface area contributed by atoms with Gasteiger partial charge in [-0.25, -0.2) is 0 Å². The second-order valence-corrected chi connectivity index (χ2v) is 6.69. The Hall–Kier alpha value is -2.58. The molecule has 8 nitrogen and oxygen atoms in total. The number of hydrogen-bond acceptors (Lipinski definition) is 7. The van der Waals surface area contributed by atoms with Crippen molar-refractivity contribution in [2.24, 2.45) is 0 Å². The van der Waals surface area contributed by atoms with Gasteiger partial charge in [0.25, 0.3) is 0 Å². The van der Waals surface area contributed by atoms with Crippen molar-refractivity contribution in [1.29, 1.82) is 0 Å². The number of fused-ring (bicyclic) bond motifs is 1. The van der Waals surface area contributed by atoms with E-state index in [4.69, 9.17) is 18.7 Å². The Kier molecular flexibility index (Phi) is 5.26. The van der Waals surface area contributed by atoms with E-state index in [1.165, 1.54) is 0 Å². The largest absolute Gasteiger partial charge is 0.454 e. The van der Waals surface area contributed by atoms with Crippen molar-refractivity contribution < 1.29 is 23.5 Å². The number of benzene rings is 1. The first-order valence-electron chi connectivity index (χ1n) is 9.09. The van der Waals surface area contributed by atoms with Crippen LogP contribution >= 0.6 is 0 Å². The van der Waals surface area contributed by atoms with E-state index in [2.05, 4.69) is 15.4 Å². The Morgan fingerprint density at radius 1 is 1.22 bits per heavy atom. The fraction of sp³-hybridized carbons (Fsp3) is 0.474. The normalized spacial score (nSPS) is 17.7. The van der Waals surface area contributed by atoms with Crippen molar-refractivity contribution in [3.8, 4) is 11.5 Å². The molecule has 3 heterocycles. The number of rotatable bonds is 6. The molecule has 2 aliphatic heterocycles. The lowest BCUT2D eigenvalue weighted by Crippen LogP contribution is -2.44. The van der Waals surface area contributed by atoms with E-state index in [-0.39, 0.29) is 25.2 Å². The van der Waals surface area contributed by atoms with Gasteiger partial charge in [-0.3, -0.25) is 9.69 Å². The van der Waals surface area contributed by atoms with Crippen molar-refractivity contribution in [1.82, 2.24) is 15.4 Å². The maximum atomic E-state index is 12.3. The highest BCUT2D eigenvalue weighted by atomic mass is 16.7. The summed E-state index contributed by atoms with van der Waals surface area (Å²) in [5.41, 5.74) is 1.72. The Bertz CT molecular complexity index is 800. The predicted molar refractivity (Wildman–Crippen MR) is 95.7 cm³/mol. The summed E-state index contributed by atoms with van der Waals surface area (Å²) in [7, 11) is 0. The minimum atomic E-state index is -0.0812. The number of nitrogens with one attached hydrogen (secondary N) is 1. The van der Waals surface area contributed by atoms with Crippen molar-refractivity contribution in [2.45, 2.75) is 19.4 Å². The number of aromatic nitrogens is 1. The molecule has 1 unspecified atom stereocenters. The molecule has 2 aliphatic rings. The van der Waals surface area contributed by atoms with Crippen LogP contribution in [0, 0.1) is 6.92 Å². The highest BCUT2D eigenvalue weighted by Crippen LogP contribution is 2.35. The molecule has 0 aliphatic carbocycles. The average Bonchev–Trinajstić information content (AvgIpc) is 3.31. The van der Waals surface area contributed by atoms with Gasteiger partial charge >= 0.3 is 0 Å². The summed E-state index contributed by atoms with van der Waals surface area (Å²) in [5.74, 6) is 2.12. The average molecular weight is 373 g/mol. The standard InChI is InChI=1S/C19H23N3O5/c1-13-8-15(21-27-13)10-19(23)20-11-16(22-4-6-24-7-5-22)14-2-3-17-18(9-14)26-12-25-17/h2-3,8-9,16H,4-7,10-12H2,1H3,(H,20,23). The van der Waals surface area contributed by atoms with Crippen molar-refractivity contribution >= 4 is 5.91 Å². The van der Waals surface area contributed by atoms with Crippen molar-refractivity contribution in [3.05, 3.63) is 41.3 Å². The Morgan fingerprint density at radius 2 is 2.04 bits per heavy atom. The highest BCUT2D eigenvalue weighted by Gasteiger charge is 2.25. The van der Waals surface area contributed by atoms with Crippen molar-refractivity contribution in [2.75, 3.05) is 39.6 Å². The fourth-order valence-corrected chi connectivity index (χ4v) is 3.41. The zero-order valence-corrected chi connectivity index (χ0v) is 15.3. The topological polar surface area (TPSA) is 86.1 Å². The molecule has 0 radical (unpaired) electrons. The number of aryl methyl sites for hydroxylation is 1. The summed E-state index contributed by atoms with van der Waals surface area (Å²) >= 11 is 0. The molecule has 2 aromatic rings. The van der Waals surface area contributed by atoms with E-state index in [0.717, 1.165) is 30.2 Å². The lowest BCUT2D eigenvalue weighted by molar-refractivity contribution is -0.120. The molecule has 144 valence electrons. The number of ether oxygens (including phenoxy) is 3.